The number of hydrogen-bond acceptors (Lipinski definition) is 3. The van der Waals surface area contributed by atoms with Gasteiger partial charge in [-0.05, 0) is 29.2 Å². The van der Waals surface area contributed by atoms with Crippen molar-refractivity contribution >= 4 is 5.91 Å². The Kier molecular flexibility index (Phi) is 3.74. The van der Waals surface area contributed by atoms with Crippen LogP contribution < -0.4 is 10.6 Å². The maximum atomic E-state index is 11.8. The molecule has 3 rings (SSSR count). The van der Waals surface area contributed by atoms with Crippen LogP contribution in [0, 0.1) is 0 Å². The Morgan fingerprint density at radius 2 is 2.05 bits per heavy atom. The van der Waals surface area contributed by atoms with Gasteiger partial charge in [0, 0.05) is 25.5 Å². The average molecular weight is 267 g/mol. The third kappa shape index (κ3) is 2.86. The summed E-state index contributed by atoms with van der Waals surface area (Å²) in [5.74, 6) is 0.0861. The van der Waals surface area contributed by atoms with Gasteiger partial charge < -0.3 is 10.6 Å². The molecule has 0 radical (unpaired) electrons. The fourth-order valence-electron chi connectivity index (χ4n) is 2.46. The van der Waals surface area contributed by atoms with Crippen LogP contribution in [0.1, 0.15) is 5.56 Å². The average Bonchev–Trinajstić information content (AvgIpc) is 2.51. The summed E-state index contributed by atoms with van der Waals surface area (Å²) in [5, 5.41) is 6.14. The van der Waals surface area contributed by atoms with Crippen LogP contribution >= 0.6 is 0 Å². The number of benzene rings is 1. The van der Waals surface area contributed by atoms with E-state index < -0.39 is 0 Å². The Balaban J connectivity index is 1.79. The van der Waals surface area contributed by atoms with Crippen molar-refractivity contribution in [1.29, 1.82) is 0 Å². The van der Waals surface area contributed by atoms with Crippen molar-refractivity contribution in [2.75, 3.05) is 13.1 Å². The molecule has 1 aliphatic rings. The molecule has 2 N–H and O–H groups in total. The predicted octanol–water partition coefficient (Wildman–Crippen LogP) is 1.38. The van der Waals surface area contributed by atoms with Gasteiger partial charge in [-0.15, -0.1) is 0 Å². The van der Waals surface area contributed by atoms with Gasteiger partial charge in [0.05, 0.1) is 6.04 Å². The van der Waals surface area contributed by atoms with Crippen LogP contribution in [-0.2, 0) is 11.2 Å². The number of nitrogens with zero attached hydrogens (tertiary/aromatic N) is 1. The quantitative estimate of drug-likeness (QED) is 0.883. The van der Waals surface area contributed by atoms with Crippen molar-refractivity contribution in [2.45, 2.75) is 12.5 Å². The molecule has 0 saturated carbocycles. The second kappa shape index (κ2) is 5.84. The zero-order valence-electron chi connectivity index (χ0n) is 11.2. The third-order valence-electron chi connectivity index (χ3n) is 3.49. The predicted molar refractivity (Wildman–Crippen MR) is 78.2 cm³/mol. The lowest BCUT2D eigenvalue weighted by Gasteiger charge is -2.23. The van der Waals surface area contributed by atoms with Crippen LogP contribution in [0.15, 0.2) is 48.8 Å². The number of nitrogens with one attached hydrogen (secondary N) is 2. The van der Waals surface area contributed by atoms with Gasteiger partial charge >= 0.3 is 0 Å². The molecule has 1 atom stereocenters. The molecule has 1 aromatic heterocycles. The van der Waals surface area contributed by atoms with Crippen molar-refractivity contribution in [2.24, 2.45) is 0 Å². The Labute approximate surface area is 118 Å². The maximum Gasteiger partial charge on any atom is 0.237 e. The first kappa shape index (κ1) is 12.8. The molecular weight excluding hydrogens is 250 g/mol. The molecule has 102 valence electrons. The molecule has 1 saturated heterocycles. The first-order chi connectivity index (χ1) is 9.83. The zero-order chi connectivity index (χ0) is 13.8. The third-order valence-corrected chi connectivity index (χ3v) is 3.49. The number of rotatable bonds is 3. The molecular formula is C16H17N3O. The molecule has 20 heavy (non-hydrogen) atoms. The van der Waals surface area contributed by atoms with Gasteiger partial charge in [-0.2, -0.15) is 0 Å². The second-order valence-electron chi connectivity index (χ2n) is 4.94. The summed E-state index contributed by atoms with van der Waals surface area (Å²) in [4.78, 5) is 15.9. The van der Waals surface area contributed by atoms with Crippen molar-refractivity contribution < 1.29 is 4.79 Å². The SMILES string of the molecule is O=C1NCCN[C@@H]1Cc1cccc(-c2cccnc2)c1. The van der Waals surface area contributed by atoms with E-state index >= 15 is 0 Å². The molecule has 0 unspecified atom stereocenters. The summed E-state index contributed by atoms with van der Waals surface area (Å²) in [6, 6.07) is 12.1. The largest absolute Gasteiger partial charge is 0.353 e. The molecule has 2 aromatic rings. The number of pyridine rings is 1. The van der Waals surface area contributed by atoms with Gasteiger partial charge in [0.25, 0.3) is 0 Å². The van der Waals surface area contributed by atoms with Gasteiger partial charge in [0.2, 0.25) is 5.91 Å². The topological polar surface area (TPSA) is 54.0 Å². The van der Waals surface area contributed by atoms with E-state index in [9.17, 15) is 4.79 Å². The summed E-state index contributed by atoms with van der Waals surface area (Å²) >= 11 is 0. The van der Waals surface area contributed by atoms with E-state index in [1.165, 1.54) is 0 Å². The molecule has 1 aromatic carbocycles. The summed E-state index contributed by atoms with van der Waals surface area (Å²) < 4.78 is 0. The van der Waals surface area contributed by atoms with Crippen LogP contribution in [0.25, 0.3) is 11.1 Å². The Hall–Kier alpha value is -2.20. The highest BCUT2D eigenvalue weighted by molar-refractivity contribution is 5.82. The lowest BCUT2D eigenvalue weighted by molar-refractivity contribution is -0.124. The van der Waals surface area contributed by atoms with E-state index in [0.29, 0.717) is 13.0 Å². The van der Waals surface area contributed by atoms with E-state index in [1.54, 1.807) is 6.20 Å². The monoisotopic (exact) mass is 267 g/mol. The number of piperazine rings is 1. The highest BCUT2D eigenvalue weighted by atomic mass is 16.2. The number of aromatic nitrogens is 1. The van der Waals surface area contributed by atoms with Crippen LogP contribution in [0.3, 0.4) is 0 Å². The summed E-state index contributed by atoms with van der Waals surface area (Å²) in [7, 11) is 0. The van der Waals surface area contributed by atoms with Crippen LogP contribution in [0.2, 0.25) is 0 Å². The van der Waals surface area contributed by atoms with Crippen LogP contribution in [0.5, 0.6) is 0 Å². The highest BCUT2D eigenvalue weighted by Gasteiger charge is 2.21. The summed E-state index contributed by atoms with van der Waals surface area (Å²) in [6.45, 7) is 1.55. The standard InChI is InChI=1S/C16H17N3O/c20-16-15(18-7-8-19-16)10-12-3-1-4-13(9-12)14-5-2-6-17-11-14/h1-6,9,11,15,18H,7-8,10H2,(H,19,20)/t15-/m1/s1. The smallest absolute Gasteiger partial charge is 0.237 e. The Morgan fingerprint density at radius 1 is 1.15 bits per heavy atom. The van der Waals surface area contributed by atoms with Crippen molar-refractivity contribution in [3.8, 4) is 11.1 Å². The summed E-state index contributed by atoms with van der Waals surface area (Å²) in [6.07, 6.45) is 4.33. The number of amides is 1. The zero-order valence-corrected chi connectivity index (χ0v) is 11.2. The van der Waals surface area contributed by atoms with E-state index in [0.717, 1.165) is 23.2 Å². The molecule has 1 aliphatic heterocycles. The van der Waals surface area contributed by atoms with E-state index in [4.69, 9.17) is 0 Å². The van der Waals surface area contributed by atoms with Crippen molar-refractivity contribution in [1.82, 2.24) is 15.6 Å². The van der Waals surface area contributed by atoms with Gasteiger partial charge in [-0.25, -0.2) is 0 Å². The van der Waals surface area contributed by atoms with E-state index in [-0.39, 0.29) is 11.9 Å². The van der Waals surface area contributed by atoms with Gasteiger partial charge in [0.1, 0.15) is 0 Å². The molecule has 0 bridgehead atoms. The molecule has 4 heteroatoms. The summed E-state index contributed by atoms with van der Waals surface area (Å²) in [5.41, 5.74) is 3.38. The minimum absolute atomic E-state index is 0.0861. The molecule has 1 amide bonds. The Bertz CT molecular complexity index is 598. The first-order valence-electron chi connectivity index (χ1n) is 6.83. The second-order valence-corrected chi connectivity index (χ2v) is 4.94. The van der Waals surface area contributed by atoms with Crippen molar-refractivity contribution in [3.05, 3.63) is 54.4 Å². The Morgan fingerprint density at radius 3 is 2.85 bits per heavy atom. The normalized spacial score (nSPS) is 18.6. The van der Waals surface area contributed by atoms with Gasteiger partial charge in [-0.3, -0.25) is 9.78 Å². The number of carbonyl (C=O) groups is 1. The molecule has 2 heterocycles. The molecule has 0 aliphatic carbocycles. The molecule has 1 fully saturated rings. The highest BCUT2D eigenvalue weighted by Crippen LogP contribution is 2.20. The minimum atomic E-state index is -0.132. The van der Waals surface area contributed by atoms with Gasteiger partial charge in [-0.1, -0.05) is 30.3 Å². The fourth-order valence-corrected chi connectivity index (χ4v) is 2.46. The van der Waals surface area contributed by atoms with Crippen molar-refractivity contribution in [3.63, 3.8) is 0 Å². The molecule has 4 nitrogen and oxygen atoms in total. The maximum absolute atomic E-state index is 11.8. The van der Waals surface area contributed by atoms with Crippen LogP contribution in [-0.4, -0.2) is 30.0 Å². The fraction of sp³-hybridized carbons (Fsp3) is 0.250. The molecule has 0 spiro atoms. The first-order valence-corrected chi connectivity index (χ1v) is 6.83. The number of carbonyl (C=O) groups excluding carboxylic acids is 1. The minimum Gasteiger partial charge on any atom is -0.353 e. The van der Waals surface area contributed by atoms with E-state index in [1.807, 2.05) is 24.4 Å². The number of hydrogen-bond donors (Lipinski definition) is 2. The van der Waals surface area contributed by atoms with E-state index in [2.05, 4.69) is 33.8 Å². The lowest BCUT2D eigenvalue weighted by atomic mass is 9.99. The lowest BCUT2D eigenvalue weighted by Crippen LogP contribution is -2.53. The van der Waals surface area contributed by atoms with Crippen LogP contribution in [0.4, 0.5) is 0 Å². The van der Waals surface area contributed by atoms with Gasteiger partial charge in [0.15, 0.2) is 0 Å².